The molecule has 0 radical (unpaired) electrons. The molecule has 1 atom stereocenters. The Bertz CT molecular complexity index is 814. The van der Waals surface area contributed by atoms with Crippen LogP contribution in [-0.2, 0) is 0 Å². The highest BCUT2D eigenvalue weighted by Gasteiger charge is 2.15. The highest BCUT2D eigenvalue weighted by Crippen LogP contribution is 2.16. The summed E-state index contributed by atoms with van der Waals surface area (Å²) in [5, 5.41) is 18.6. The first-order chi connectivity index (χ1) is 12.4. The van der Waals surface area contributed by atoms with Crippen molar-refractivity contribution >= 4 is 34.6 Å². The Kier molecular flexibility index (Phi) is 6.56. The van der Waals surface area contributed by atoms with E-state index >= 15 is 0 Å². The molecule has 3 N–H and O–H groups in total. The van der Waals surface area contributed by atoms with Crippen LogP contribution in [0.3, 0.4) is 0 Å². The lowest BCUT2D eigenvalue weighted by Crippen LogP contribution is -2.50. The van der Waals surface area contributed by atoms with Gasteiger partial charge in [0.1, 0.15) is 12.8 Å². The number of nitrogens with one attached hydrogen (secondary N) is 3. The van der Waals surface area contributed by atoms with Gasteiger partial charge in [0.2, 0.25) is 0 Å². The van der Waals surface area contributed by atoms with E-state index in [1.54, 1.807) is 30.3 Å². The number of thiocarbonyl (C=S) groups is 1. The molecule has 0 heterocycles. The van der Waals surface area contributed by atoms with E-state index in [9.17, 15) is 19.3 Å². The van der Waals surface area contributed by atoms with Gasteiger partial charge < -0.3 is 16.0 Å². The molecule has 0 spiro atoms. The summed E-state index contributed by atoms with van der Waals surface area (Å²) in [6, 6.07) is 12.5. The highest BCUT2D eigenvalue weighted by molar-refractivity contribution is 7.80. The predicted molar refractivity (Wildman–Crippen MR) is 101 cm³/mol. The third-order valence-electron chi connectivity index (χ3n) is 3.39. The van der Waals surface area contributed by atoms with Gasteiger partial charge >= 0.3 is 0 Å². The molecule has 0 bridgehead atoms. The molecule has 26 heavy (non-hydrogen) atoms. The third kappa shape index (κ3) is 5.49. The second kappa shape index (κ2) is 8.86. The highest BCUT2D eigenvalue weighted by atomic mass is 32.1. The van der Waals surface area contributed by atoms with E-state index in [2.05, 4.69) is 16.0 Å². The summed E-state index contributed by atoms with van der Waals surface area (Å²) in [7, 11) is 0. The van der Waals surface area contributed by atoms with Gasteiger partial charge in [0.25, 0.3) is 11.6 Å². The number of halogens is 1. The molecular weight excluding hydrogens is 359 g/mol. The molecule has 136 valence electrons. The first-order valence-corrected chi connectivity index (χ1v) is 8.05. The molecule has 0 aliphatic carbocycles. The third-order valence-corrected chi connectivity index (χ3v) is 3.61. The van der Waals surface area contributed by atoms with E-state index in [-0.39, 0.29) is 10.8 Å². The summed E-state index contributed by atoms with van der Waals surface area (Å²) >= 11 is 5.06. The van der Waals surface area contributed by atoms with Gasteiger partial charge in [-0.05, 0) is 37.3 Å². The average molecular weight is 376 g/mol. The standard InChI is InChI=1S/C17H17FN4O3S/c1-11-5-7-12(8-6-11)16(23)20-15(10-18)21-17(26)19-13-3-2-4-14(9-13)22(24)25/h2-9,15H,10H2,1H3,(H,20,23)(H2,19,21,26). The van der Waals surface area contributed by atoms with Crippen molar-refractivity contribution < 1.29 is 14.1 Å². The largest absolute Gasteiger partial charge is 0.340 e. The summed E-state index contributed by atoms with van der Waals surface area (Å²) in [6.07, 6.45) is -1.04. The fourth-order valence-electron chi connectivity index (χ4n) is 2.08. The zero-order chi connectivity index (χ0) is 19.1. The predicted octanol–water partition coefficient (Wildman–Crippen LogP) is 2.92. The van der Waals surface area contributed by atoms with Crippen LogP contribution in [0, 0.1) is 17.0 Å². The fraction of sp³-hybridized carbons (Fsp3) is 0.176. The number of non-ortho nitro benzene ring substituents is 1. The van der Waals surface area contributed by atoms with Gasteiger partial charge in [-0.2, -0.15) is 0 Å². The smallest absolute Gasteiger partial charge is 0.271 e. The monoisotopic (exact) mass is 376 g/mol. The van der Waals surface area contributed by atoms with Crippen LogP contribution in [0.25, 0.3) is 0 Å². The summed E-state index contributed by atoms with van der Waals surface area (Å²) in [5.74, 6) is -0.446. The minimum Gasteiger partial charge on any atom is -0.340 e. The van der Waals surface area contributed by atoms with Crippen LogP contribution in [0.4, 0.5) is 15.8 Å². The van der Waals surface area contributed by atoms with Crippen LogP contribution in [0.1, 0.15) is 15.9 Å². The molecule has 1 amide bonds. The lowest BCUT2D eigenvalue weighted by molar-refractivity contribution is -0.384. The Hall–Kier alpha value is -3.07. The number of hydrogen-bond acceptors (Lipinski definition) is 4. The number of benzene rings is 2. The van der Waals surface area contributed by atoms with Crippen LogP contribution < -0.4 is 16.0 Å². The van der Waals surface area contributed by atoms with Crippen LogP contribution in [-0.4, -0.2) is 28.8 Å². The minimum absolute atomic E-state index is 0.0253. The summed E-state index contributed by atoms with van der Waals surface area (Å²) < 4.78 is 13.2. The van der Waals surface area contributed by atoms with E-state index in [4.69, 9.17) is 12.2 Å². The van der Waals surface area contributed by atoms with Crippen molar-refractivity contribution in [2.24, 2.45) is 0 Å². The minimum atomic E-state index is -1.04. The molecule has 0 fully saturated rings. The maximum absolute atomic E-state index is 13.2. The normalized spacial score (nSPS) is 11.3. The SMILES string of the molecule is Cc1ccc(C(=O)NC(CF)NC(=S)Nc2cccc([N+](=O)[O-])c2)cc1. The first-order valence-electron chi connectivity index (χ1n) is 7.64. The van der Waals surface area contributed by atoms with E-state index in [0.717, 1.165) is 5.56 Å². The number of rotatable bonds is 6. The number of nitro benzene ring substituents is 1. The molecule has 0 aliphatic rings. The lowest BCUT2D eigenvalue weighted by atomic mass is 10.1. The Morgan fingerprint density at radius 1 is 1.23 bits per heavy atom. The van der Waals surface area contributed by atoms with Crippen LogP contribution in [0.5, 0.6) is 0 Å². The Morgan fingerprint density at radius 3 is 2.54 bits per heavy atom. The summed E-state index contributed by atoms with van der Waals surface area (Å²) in [4.78, 5) is 22.4. The zero-order valence-electron chi connectivity index (χ0n) is 13.9. The average Bonchev–Trinajstić information content (AvgIpc) is 2.61. The van der Waals surface area contributed by atoms with Crippen molar-refractivity contribution in [3.8, 4) is 0 Å². The number of aryl methyl sites for hydroxylation is 1. The molecule has 0 saturated heterocycles. The van der Waals surface area contributed by atoms with Gasteiger partial charge in [-0.25, -0.2) is 4.39 Å². The van der Waals surface area contributed by atoms with E-state index in [0.29, 0.717) is 11.3 Å². The molecule has 7 nitrogen and oxygen atoms in total. The van der Waals surface area contributed by atoms with Crippen LogP contribution in [0.15, 0.2) is 48.5 Å². The number of anilines is 1. The van der Waals surface area contributed by atoms with Crippen molar-refractivity contribution in [1.29, 1.82) is 0 Å². The summed E-state index contributed by atoms with van der Waals surface area (Å²) in [6.45, 7) is 1.000. The number of amides is 1. The molecule has 2 rings (SSSR count). The molecule has 1 unspecified atom stereocenters. The van der Waals surface area contributed by atoms with Crippen molar-refractivity contribution in [3.63, 3.8) is 0 Å². The molecule has 9 heteroatoms. The van der Waals surface area contributed by atoms with Gasteiger partial charge in [0.05, 0.1) is 4.92 Å². The number of nitrogens with zero attached hydrogens (tertiary/aromatic N) is 1. The van der Waals surface area contributed by atoms with E-state index in [1.807, 2.05) is 6.92 Å². The number of nitro groups is 1. The van der Waals surface area contributed by atoms with Gasteiger partial charge in [-0.3, -0.25) is 14.9 Å². The number of carbonyl (C=O) groups excluding carboxylic acids is 1. The molecule has 0 saturated carbocycles. The molecular formula is C17H17FN4O3S. The number of carbonyl (C=O) groups is 1. The van der Waals surface area contributed by atoms with Crippen molar-refractivity contribution in [2.45, 2.75) is 13.1 Å². The van der Waals surface area contributed by atoms with Crippen molar-refractivity contribution in [2.75, 3.05) is 12.0 Å². The topological polar surface area (TPSA) is 96.3 Å². The van der Waals surface area contributed by atoms with Crippen LogP contribution >= 0.6 is 12.2 Å². The van der Waals surface area contributed by atoms with Crippen molar-refractivity contribution in [1.82, 2.24) is 10.6 Å². The van der Waals surface area contributed by atoms with E-state index < -0.39 is 23.7 Å². The first kappa shape index (κ1) is 19.3. The molecule has 0 aliphatic heterocycles. The molecule has 2 aromatic carbocycles. The second-order valence-electron chi connectivity index (χ2n) is 5.45. The lowest BCUT2D eigenvalue weighted by Gasteiger charge is -2.19. The summed E-state index contributed by atoms with van der Waals surface area (Å²) in [5.41, 5.74) is 1.67. The Balaban J connectivity index is 1.95. The maximum Gasteiger partial charge on any atom is 0.271 e. The molecule has 0 aromatic heterocycles. The quantitative estimate of drug-likeness (QED) is 0.310. The van der Waals surface area contributed by atoms with Crippen LogP contribution in [0.2, 0.25) is 0 Å². The Morgan fingerprint density at radius 2 is 1.92 bits per heavy atom. The number of alkyl halides is 1. The van der Waals surface area contributed by atoms with Crippen molar-refractivity contribution in [3.05, 3.63) is 69.8 Å². The van der Waals surface area contributed by atoms with Gasteiger partial charge in [0.15, 0.2) is 5.11 Å². The second-order valence-corrected chi connectivity index (χ2v) is 5.86. The Labute approximate surface area is 154 Å². The van der Waals surface area contributed by atoms with Gasteiger partial charge in [0, 0.05) is 23.4 Å². The molecule has 2 aromatic rings. The fourth-order valence-corrected chi connectivity index (χ4v) is 2.34. The maximum atomic E-state index is 13.2. The van der Waals surface area contributed by atoms with E-state index in [1.165, 1.54) is 18.2 Å². The van der Waals surface area contributed by atoms with Gasteiger partial charge in [-0.15, -0.1) is 0 Å². The zero-order valence-corrected chi connectivity index (χ0v) is 14.7. The number of hydrogen-bond donors (Lipinski definition) is 3. The van der Waals surface area contributed by atoms with Gasteiger partial charge in [-0.1, -0.05) is 23.8 Å².